The Bertz CT molecular complexity index is 717. The maximum absolute atomic E-state index is 13.3. The molecule has 0 unspecified atom stereocenters. The van der Waals surface area contributed by atoms with Crippen LogP contribution in [0.15, 0.2) is 17.4 Å². The molecule has 1 fully saturated rings. The van der Waals surface area contributed by atoms with Gasteiger partial charge in [0, 0.05) is 0 Å². The fourth-order valence-electron chi connectivity index (χ4n) is 2.65. The maximum Gasteiger partial charge on any atom is 0.278 e. The smallest absolute Gasteiger partial charge is 0.278 e. The summed E-state index contributed by atoms with van der Waals surface area (Å²) < 4.78 is 20.3. The summed E-state index contributed by atoms with van der Waals surface area (Å²) in [6, 6.07) is 0. The first-order valence-corrected chi connectivity index (χ1v) is 6.45. The highest BCUT2D eigenvalue weighted by atomic mass is 19.1. The topological polar surface area (TPSA) is 113 Å². The number of nitrogens with zero attached hydrogens (tertiary/aromatic N) is 3. The molecule has 0 saturated carbocycles. The Kier molecular flexibility index (Phi) is 3.27. The van der Waals surface area contributed by atoms with Crippen molar-refractivity contribution < 1.29 is 19.3 Å². The third kappa shape index (κ3) is 1.96. The quantitative estimate of drug-likeness (QED) is 0.693. The van der Waals surface area contributed by atoms with Gasteiger partial charge in [-0.2, -0.15) is 0 Å². The number of aromatic amines is 1. The minimum absolute atomic E-state index is 0.103. The molecule has 4 atom stereocenters. The van der Waals surface area contributed by atoms with E-state index in [0.29, 0.717) is 0 Å². The van der Waals surface area contributed by atoms with Crippen molar-refractivity contribution in [2.45, 2.75) is 24.9 Å². The van der Waals surface area contributed by atoms with Crippen molar-refractivity contribution in [2.75, 3.05) is 13.3 Å². The number of hydrogen-bond acceptors (Lipinski definition) is 6. The monoisotopic (exact) mass is 298 g/mol. The Morgan fingerprint density at radius 1 is 1.57 bits per heavy atom. The lowest BCUT2D eigenvalue weighted by Gasteiger charge is -2.25. The Morgan fingerprint density at radius 2 is 2.33 bits per heavy atom. The third-order valence-corrected chi connectivity index (χ3v) is 3.92. The van der Waals surface area contributed by atoms with Gasteiger partial charge in [0.15, 0.2) is 11.2 Å². The normalized spacial score (nSPS) is 32.9. The molecule has 2 aromatic rings. The standard InChI is InChI=1S/C12H15FN4O4/c1-12(3-18)8(19)6(2-13)11(21-12)17-5-16-7-9(17)14-4-15-10(7)20/h4-6,8,11,18-19H,2-3H2,1H3,(H,14,15,20)/t6-,8-,11+,12+/m0/s1. The summed E-state index contributed by atoms with van der Waals surface area (Å²) in [5.74, 6) is -0.888. The molecular weight excluding hydrogens is 283 g/mol. The largest absolute Gasteiger partial charge is 0.393 e. The number of nitrogens with one attached hydrogen (secondary N) is 1. The van der Waals surface area contributed by atoms with Gasteiger partial charge < -0.3 is 19.9 Å². The van der Waals surface area contributed by atoms with Gasteiger partial charge in [-0.25, -0.2) is 9.97 Å². The van der Waals surface area contributed by atoms with E-state index in [9.17, 15) is 19.4 Å². The molecule has 0 bridgehead atoms. The molecule has 0 aromatic carbocycles. The summed E-state index contributed by atoms with van der Waals surface area (Å²) in [5.41, 5.74) is -1.36. The summed E-state index contributed by atoms with van der Waals surface area (Å²) in [6.07, 6.45) is 0.443. The lowest BCUT2D eigenvalue weighted by molar-refractivity contribution is -0.115. The van der Waals surface area contributed by atoms with Crippen LogP contribution in [0.2, 0.25) is 0 Å². The second-order valence-electron chi connectivity index (χ2n) is 5.30. The van der Waals surface area contributed by atoms with Gasteiger partial charge in [-0.15, -0.1) is 0 Å². The first-order valence-electron chi connectivity index (χ1n) is 6.45. The SMILES string of the molecule is C[C@]1(CO)O[C@@H](n2cnc3c(=O)[nH]cnc32)[C@@H](CF)[C@@H]1O. The van der Waals surface area contributed by atoms with Crippen molar-refractivity contribution in [1.29, 1.82) is 0 Å². The highest BCUT2D eigenvalue weighted by molar-refractivity contribution is 5.68. The number of hydrogen-bond donors (Lipinski definition) is 3. The summed E-state index contributed by atoms with van der Waals surface area (Å²) >= 11 is 0. The minimum Gasteiger partial charge on any atom is -0.393 e. The van der Waals surface area contributed by atoms with Gasteiger partial charge in [0.05, 0.1) is 38.0 Å². The number of aromatic nitrogens is 4. The van der Waals surface area contributed by atoms with E-state index in [-0.39, 0.29) is 11.2 Å². The summed E-state index contributed by atoms with van der Waals surface area (Å²) in [6.45, 7) is 0.200. The van der Waals surface area contributed by atoms with Crippen molar-refractivity contribution >= 4 is 11.2 Å². The first-order chi connectivity index (χ1) is 10.0. The van der Waals surface area contributed by atoms with E-state index in [1.165, 1.54) is 24.1 Å². The Balaban J connectivity index is 2.10. The van der Waals surface area contributed by atoms with Crippen LogP contribution in [0.4, 0.5) is 4.39 Å². The van der Waals surface area contributed by atoms with Crippen LogP contribution in [-0.2, 0) is 4.74 Å². The molecule has 9 heteroatoms. The van der Waals surface area contributed by atoms with Crippen molar-refractivity contribution in [2.24, 2.45) is 5.92 Å². The second-order valence-corrected chi connectivity index (χ2v) is 5.30. The lowest BCUT2D eigenvalue weighted by atomic mass is 9.92. The van der Waals surface area contributed by atoms with Gasteiger partial charge in [-0.3, -0.25) is 13.8 Å². The number of H-pyrrole nitrogens is 1. The molecule has 1 saturated heterocycles. The van der Waals surface area contributed by atoms with Crippen molar-refractivity contribution in [3.8, 4) is 0 Å². The number of imidazole rings is 1. The molecule has 114 valence electrons. The predicted octanol–water partition coefficient (Wildman–Crippen LogP) is -0.654. The minimum atomic E-state index is -1.28. The average Bonchev–Trinajstić information content (AvgIpc) is 3.01. The van der Waals surface area contributed by atoms with Gasteiger partial charge in [-0.1, -0.05) is 0 Å². The third-order valence-electron chi connectivity index (χ3n) is 3.92. The Hall–Kier alpha value is -1.84. The van der Waals surface area contributed by atoms with E-state index < -0.39 is 42.7 Å². The van der Waals surface area contributed by atoms with Crippen molar-refractivity contribution in [3.63, 3.8) is 0 Å². The van der Waals surface area contributed by atoms with Crippen LogP contribution < -0.4 is 5.56 Å². The van der Waals surface area contributed by atoms with Crippen LogP contribution in [-0.4, -0.2) is 54.7 Å². The zero-order chi connectivity index (χ0) is 15.2. The van der Waals surface area contributed by atoms with Gasteiger partial charge in [0.2, 0.25) is 0 Å². The van der Waals surface area contributed by atoms with Gasteiger partial charge in [0.1, 0.15) is 11.8 Å². The highest BCUT2D eigenvalue weighted by Crippen LogP contribution is 2.42. The number of alkyl halides is 1. The zero-order valence-electron chi connectivity index (χ0n) is 11.2. The molecule has 1 aliphatic heterocycles. The van der Waals surface area contributed by atoms with Crippen LogP contribution in [0.1, 0.15) is 13.2 Å². The highest BCUT2D eigenvalue weighted by Gasteiger charge is 2.52. The van der Waals surface area contributed by atoms with Crippen LogP contribution in [0.3, 0.4) is 0 Å². The first kappa shape index (κ1) is 14.1. The van der Waals surface area contributed by atoms with Crippen LogP contribution in [0.5, 0.6) is 0 Å². The molecule has 21 heavy (non-hydrogen) atoms. The van der Waals surface area contributed by atoms with Crippen molar-refractivity contribution in [3.05, 3.63) is 23.0 Å². The van der Waals surface area contributed by atoms with E-state index in [1.54, 1.807) is 0 Å². The van der Waals surface area contributed by atoms with Crippen LogP contribution in [0, 0.1) is 5.92 Å². The number of aliphatic hydroxyl groups excluding tert-OH is 2. The Morgan fingerprint density at radius 3 is 3.00 bits per heavy atom. The number of ether oxygens (including phenoxy) is 1. The number of halogens is 1. The molecule has 0 spiro atoms. The van der Waals surface area contributed by atoms with Crippen molar-refractivity contribution in [1.82, 2.24) is 19.5 Å². The summed E-state index contributed by atoms with van der Waals surface area (Å²) in [4.78, 5) is 22.0. The summed E-state index contributed by atoms with van der Waals surface area (Å²) in [5, 5.41) is 19.5. The number of aliphatic hydroxyl groups is 2. The maximum atomic E-state index is 13.3. The zero-order valence-corrected chi connectivity index (χ0v) is 11.2. The van der Waals surface area contributed by atoms with E-state index in [2.05, 4.69) is 15.0 Å². The van der Waals surface area contributed by atoms with E-state index in [0.717, 1.165) is 0 Å². The fourth-order valence-corrected chi connectivity index (χ4v) is 2.65. The molecule has 3 rings (SSSR count). The van der Waals surface area contributed by atoms with Crippen LogP contribution in [0.25, 0.3) is 11.2 Å². The molecule has 0 aliphatic carbocycles. The molecule has 2 aromatic heterocycles. The average molecular weight is 298 g/mol. The molecule has 8 nitrogen and oxygen atoms in total. The molecule has 3 heterocycles. The molecule has 1 aliphatic rings. The van der Waals surface area contributed by atoms with E-state index in [1.807, 2.05) is 0 Å². The van der Waals surface area contributed by atoms with E-state index >= 15 is 0 Å². The predicted molar refractivity (Wildman–Crippen MR) is 69.2 cm³/mol. The fraction of sp³-hybridized carbons (Fsp3) is 0.583. The summed E-state index contributed by atoms with van der Waals surface area (Å²) in [7, 11) is 0. The molecular formula is C12H15FN4O4. The van der Waals surface area contributed by atoms with Gasteiger partial charge in [-0.05, 0) is 6.92 Å². The molecule has 0 radical (unpaired) electrons. The Labute approximate surface area is 118 Å². The number of rotatable bonds is 3. The molecule has 3 N–H and O–H groups in total. The lowest BCUT2D eigenvalue weighted by Crippen LogP contribution is -2.42. The second kappa shape index (κ2) is 4.86. The van der Waals surface area contributed by atoms with Gasteiger partial charge >= 0.3 is 0 Å². The van der Waals surface area contributed by atoms with E-state index in [4.69, 9.17) is 4.74 Å². The van der Waals surface area contributed by atoms with Crippen LogP contribution >= 0.6 is 0 Å². The number of fused-ring (bicyclic) bond motifs is 1. The van der Waals surface area contributed by atoms with Gasteiger partial charge in [0.25, 0.3) is 5.56 Å². The molecule has 0 amide bonds.